The SMILES string of the molecule is C[C@H](Cc1cc2ccccc2o1)NC(=O)c1ccoc1. The Morgan fingerprint density at radius 2 is 2.15 bits per heavy atom. The van der Waals surface area contributed by atoms with Gasteiger partial charge in [-0.3, -0.25) is 4.79 Å². The number of benzene rings is 1. The van der Waals surface area contributed by atoms with E-state index >= 15 is 0 Å². The summed E-state index contributed by atoms with van der Waals surface area (Å²) in [5.74, 6) is 0.730. The average Bonchev–Trinajstić information content (AvgIpc) is 3.07. The molecular formula is C16H15NO3. The highest BCUT2D eigenvalue weighted by Gasteiger charge is 2.13. The van der Waals surface area contributed by atoms with Gasteiger partial charge >= 0.3 is 0 Å². The molecule has 0 saturated carbocycles. The number of para-hydroxylation sites is 1. The van der Waals surface area contributed by atoms with Crippen LogP contribution in [0.15, 0.2) is 57.8 Å². The molecule has 0 spiro atoms. The second-order valence-electron chi connectivity index (χ2n) is 4.84. The predicted octanol–water partition coefficient (Wildman–Crippen LogP) is 3.39. The van der Waals surface area contributed by atoms with Crippen LogP contribution < -0.4 is 5.32 Å². The Bertz CT molecular complexity index is 679. The van der Waals surface area contributed by atoms with E-state index in [1.165, 1.54) is 12.5 Å². The van der Waals surface area contributed by atoms with Gasteiger partial charge in [-0.05, 0) is 25.1 Å². The molecule has 1 aromatic carbocycles. The lowest BCUT2D eigenvalue weighted by atomic mass is 10.1. The van der Waals surface area contributed by atoms with Gasteiger partial charge in [-0.15, -0.1) is 0 Å². The van der Waals surface area contributed by atoms with Crippen LogP contribution in [-0.4, -0.2) is 11.9 Å². The Kier molecular flexibility index (Phi) is 3.29. The second kappa shape index (κ2) is 5.25. The van der Waals surface area contributed by atoms with E-state index in [4.69, 9.17) is 8.83 Å². The van der Waals surface area contributed by atoms with E-state index in [9.17, 15) is 4.79 Å². The molecule has 4 nitrogen and oxygen atoms in total. The fraction of sp³-hybridized carbons (Fsp3) is 0.188. The number of carbonyl (C=O) groups excluding carboxylic acids is 1. The quantitative estimate of drug-likeness (QED) is 0.789. The molecule has 3 aromatic rings. The minimum absolute atomic E-state index is 0.0158. The van der Waals surface area contributed by atoms with E-state index < -0.39 is 0 Å². The summed E-state index contributed by atoms with van der Waals surface area (Å²) in [5, 5.41) is 4.00. The first-order valence-electron chi connectivity index (χ1n) is 6.53. The summed E-state index contributed by atoms with van der Waals surface area (Å²) < 4.78 is 10.6. The van der Waals surface area contributed by atoms with Crippen molar-refractivity contribution in [3.63, 3.8) is 0 Å². The van der Waals surface area contributed by atoms with Gasteiger partial charge in [-0.2, -0.15) is 0 Å². The summed E-state index contributed by atoms with van der Waals surface area (Å²) in [5.41, 5.74) is 1.40. The first-order chi connectivity index (χ1) is 9.72. The molecule has 2 aromatic heterocycles. The van der Waals surface area contributed by atoms with Crippen molar-refractivity contribution < 1.29 is 13.6 Å². The first-order valence-corrected chi connectivity index (χ1v) is 6.53. The summed E-state index contributed by atoms with van der Waals surface area (Å²) >= 11 is 0. The maximum atomic E-state index is 11.9. The van der Waals surface area contributed by atoms with E-state index in [-0.39, 0.29) is 11.9 Å². The Morgan fingerprint density at radius 1 is 1.30 bits per heavy atom. The molecule has 0 bridgehead atoms. The second-order valence-corrected chi connectivity index (χ2v) is 4.84. The number of nitrogens with one attached hydrogen (secondary N) is 1. The summed E-state index contributed by atoms with van der Waals surface area (Å²) in [4.78, 5) is 11.9. The Morgan fingerprint density at radius 3 is 2.90 bits per heavy atom. The molecule has 1 atom stereocenters. The number of furan rings is 2. The predicted molar refractivity (Wildman–Crippen MR) is 75.6 cm³/mol. The zero-order valence-corrected chi connectivity index (χ0v) is 11.1. The van der Waals surface area contributed by atoms with E-state index in [0.717, 1.165) is 16.7 Å². The molecule has 4 heteroatoms. The fourth-order valence-electron chi connectivity index (χ4n) is 2.19. The van der Waals surface area contributed by atoms with Crippen LogP contribution in [0.3, 0.4) is 0 Å². The van der Waals surface area contributed by atoms with Crippen molar-refractivity contribution in [3.05, 3.63) is 60.2 Å². The Hall–Kier alpha value is -2.49. The highest BCUT2D eigenvalue weighted by Crippen LogP contribution is 2.19. The lowest BCUT2D eigenvalue weighted by Crippen LogP contribution is -2.33. The van der Waals surface area contributed by atoms with Gasteiger partial charge in [0.2, 0.25) is 0 Å². The molecule has 0 saturated heterocycles. The van der Waals surface area contributed by atoms with Gasteiger partial charge in [0.15, 0.2) is 0 Å². The van der Waals surface area contributed by atoms with Crippen LogP contribution in [0.2, 0.25) is 0 Å². The zero-order valence-electron chi connectivity index (χ0n) is 11.1. The molecule has 0 fully saturated rings. The van der Waals surface area contributed by atoms with Crippen LogP contribution in [0, 0.1) is 0 Å². The van der Waals surface area contributed by atoms with Crippen LogP contribution in [-0.2, 0) is 6.42 Å². The van der Waals surface area contributed by atoms with Crippen molar-refractivity contribution in [1.82, 2.24) is 5.32 Å². The molecule has 0 aliphatic heterocycles. The van der Waals surface area contributed by atoms with Crippen LogP contribution >= 0.6 is 0 Å². The number of hydrogen-bond donors (Lipinski definition) is 1. The third-order valence-electron chi connectivity index (χ3n) is 3.14. The normalized spacial score (nSPS) is 12.4. The number of fused-ring (bicyclic) bond motifs is 1. The van der Waals surface area contributed by atoms with Crippen LogP contribution in [0.25, 0.3) is 11.0 Å². The van der Waals surface area contributed by atoms with Crippen molar-refractivity contribution in [2.24, 2.45) is 0 Å². The highest BCUT2D eigenvalue weighted by molar-refractivity contribution is 5.93. The fourth-order valence-corrected chi connectivity index (χ4v) is 2.19. The average molecular weight is 269 g/mol. The van der Waals surface area contributed by atoms with Crippen LogP contribution in [0.4, 0.5) is 0 Å². The largest absolute Gasteiger partial charge is 0.472 e. The van der Waals surface area contributed by atoms with E-state index in [1.54, 1.807) is 6.07 Å². The summed E-state index contributed by atoms with van der Waals surface area (Å²) in [6, 6.07) is 11.5. The van der Waals surface area contributed by atoms with Crippen molar-refractivity contribution in [2.45, 2.75) is 19.4 Å². The van der Waals surface area contributed by atoms with Gasteiger partial charge in [-0.1, -0.05) is 18.2 Å². The van der Waals surface area contributed by atoms with Gasteiger partial charge < -0.3 is 14.2 Å². The van der Waals surface area contributed by atoms with Crippen molar-refractivity contribution >= 4 is 16.9 Å². The van der Waals surface area contributed by atoms with Gasteiger partial charge in [0.05, 0.1) is 11.8 Å². The van der Waals surface area contributed by atoms with Crippen molar-refractivity contribution in [3.8, 4) is 0 Å². The lowest BCUT2D eigenvalue weighted by Gasteiger charge is -2.11. The first kappa shape index (κ1) is 12.5. The van der Waals surface area contributed by atoms with Crippen LogP contribution in [0.1, 0.15) is 23.0 Å². The molecule has 0 aliphatic carbocycles. The monoisotopic (exact) mass is 269 g/mol. The van der Waals surface area contributed by atoms with Gasteiger partial charge in [0.25, 0.3) is 5.91 Å². The lowest BCUT2D eigenvalue weighted by molar-refractivity contribution is 0.0938. The third kappa shape index (κ3) is 2.59. The molecule has 3 rings (SSSR count). The van der Waals surface area contributed by atoms with E-state index in [1.807, 2.05) is 37.3 Å². The Balaban J connectivity index is 1.66. The molecule has 20 heavy (non-hydrogen) atoms. The molecule has 1 N–H and O–H groups in total. The number of rotatable bonds is 4. The number of hydrogen-bond acceptors (Lipinski definition) is 3. The molecular weight excluding hydrogens is 254 g/mol. The van der Waals surface area contributed by atoms with E-state index in [0.29, 0.717) is 12.0 Å². The Labute approximate surface area is 116 Å². The van der Waals surface area contributed by atoms with Crippen molar-refractivity contribution in [2.75, 3.05) is 0 Å². The topological polar surface area (TPSA) is 55.4 Å². The van der Waals surface area contributed by atoms with Crippen molar-refractivity contribution in [1.29, 1.82) is 0 Å². The summed E-state index contributed by atoms with van der Waals surface area (Å²) in [6.45, 7) is 1.95. The number of amides is 1. The molecule has 0 aliphatic rings. The highest BCUT2D eigenvalue weighted by atomic mass is 16.3. The summed E-state index contributed by atoms with van der Waals surface area (Å²) in [6.07, 6.45) is 3.57. The van der Waals surface area contributed by atoms with Gasteiger partial charge in [0, 0.05) is 17.8 Å². The molecule has 0 unspecified atom stereocenters. The van der Waals surface area contributed by atoms with Gasteiger partial charge in [-0.25, -0.2) is 0 Å². The number of carbonyl (C=O) groups is 1. The zero-order chi connectivity index (χ0) is 13.9. The van der Waals surface area contributed by atoms with E-state index in [2.05, 4.69) is 5.32 Å². The standard InChI is InChI=1S/C16H15NO3/c1-11(17-16(18)13-6-7-19-10-13)8-14-9-12-4-2-3-5-15(12)20-14/h2-7,9-11H,8H2,1H3,(H,17,18)/t11-/m1/s1. The summed E-state index contributed by atoms with van der Waals surface area (Å²) in [7, 11) is 0. The molecule has 102 valence electrons. The van der Waals surface area contributed by atoms with Gasteiger partial charge in [0.1, 0.15) is 17.6 Å². The molecule has 0 radical (unpaired) electrons. The maximum absolute atomic E-state index is 11.9. The smallest absolute Gasteiger partial charge is 0.254 e. The minimum Gasteiger partial charge on any atom is -0.472 e. The third-order valence-corrected chi connectivity index (χ3v) is 3.14. The maximum Gasteiger partial charge on any atom is 0.254 e. The van der Waals surface area contributed by atoms with Crippen LogP contribution in [0.5, 0.6) is 0 Å². The minimum atomic E-state index is -0.137. The molecule has 2 heterocycles. The molecule has 1 amide bonds.